The summed E-state index contributed by atoms with van der Waals surface area (Å²) in [5.74, 6) is 2.75. The first-order valence-electron chi connectivity index (χ1n) is 5.12. The summed E-state index contributed by atoms with van der Waals surface area (Å²) in [6, 6.07) is 0.0412. The normalized spacial score (nSPS) is 11.9. The van der Waals surface area contributed by atoms with Crippen LogP contribution >= 0.6 is 0 Å². The number of nitrogens with zero attached hydrogens (tertiary/aromatic N) is 1. The van der Waals surface area contributed by atoms with Crippen LogP contribution in [0.3, 0.4) is 0 Å². The fourth-order valence-corrected chi connectivity index (χ4v) is 1.19. The van der Waals surface area contributed by atoms with E-state index in [4.69, 9.17) is 6.42 Å². The number of carbonyl (C=O) groups excluding carboxylic acids is 1. The van der Waals surface area contributed by atoms with Crippen LogP contribution in [0.2, 0.25) is 0 Å². The van der Waals surface area contributed by atoms with Gasteiger partial charge >= 0.3 is 0 Å². The number of rotatable bonds is 6. The Morgan fingerprint density at radius 3 is 2.50 bits per heavy atom. The lowest BCUT2D eigenvalue weighted by atomic mass is 10.3. The highest BCUT2D eigenvalue weighted by atomic mass is 16.2. The molecule has 0 heterocycles. The minimum Gasteiger partial charge on any atom is -0.343 e. The van der Waals surface area contributed by atoms with E-state index in [1.54, 1.807) is 0 Å². The van der Waals surface area contributed by atoms with Crippen molar-refractivity contribution in [1.82, 2.24) is 10.2 Å². The summed E-state index contributed by atoms with van der Waals surface area (Å²) in [4.78, 5) is 13.3. The van der Waals surface area contributed by atoms with Crippen LogP contribution in [-0.2, 0) is 4.79 Å². The molecule has 0 aromatic carbocycles. The lowest BCUT2D eigenvalue weighted by Gasteiger charge is -2.18. The molecule has 0 fully saturated rings. The Bertz CT molecular complexity index is 204. The van der Waals surface area contributed by atoms with Gasteiger partial charge in [-0.1, -0.05) is 5.92 Å². The van der Waals surface area contributed by atoms with E-state index in [1.807, 2.05) is 25.7 Å². The first-order valence-corrected chi connectivity index (χ1v) is 5.12. The van der Waals surface area contributed by atoms with Crippen LogP contribution in [0.5, 0.6) is 0 Å². The first kappa shape index (κ1) is 13.0. The first-order chi connectivity index (χ1) is 6.65. The Morgan fingerprint density at radius 1 is 1.50 bits per heavy atom. The van der Waals surface area contributed by atoms with E-state index < -0.39 is 0 Å². The number of hydrogen-bond acceptors (Lipinski definition) is 2. The van der Waals surface area contributed by atoms with E-state index in [2.05, 4.69) is 11.2 Å². The third kappa shape index (κ3) is 4.88. The Labute approximate surface area is 86.9 Å². The van der Waals surface area contributed by atoms with E-state index in [0.717, 1.165) is 13.1 Å². The second-order valence-corrected chi connectivity index (χ2v) is 3.16. The summed E-state index contributed by atoms with van der Waals surface area (Å²) in [5, 5.41) is 3.08. The molecular formula is C11H20N2O. The van der Waals surface area contributed by atoms with Gasteiger partial charge in [-0.2, -0.15) is 0 Å². The molecule has 0 saturated heterocycles. The zero-order chi connectivity index (χ0) is 11.0. The Morgan fingerprint density at radius 2 is 2.07 bits per heavy atom. The highest BCUT2D eigenvalue weighted by molar-refractivity contribution is 5.76. The van der Waals surface area contributed by atoms with Crippen molar-refractivity contribution in [2.45, 2.75) is 33.2 Å². The number of terminal acetylenes is 1. The number of nitrogens with one attached hydrogen (secondary N) is 1. The quantitative estimate of drug-likeness (QED) is 0.639. The Kier molecular flexibility index (Phi) is 6.87. The van der Waals surface area contributed by atoms with Crippen LogP contribution in [0, 0.1) is 12.3 Å². The molecule has 3 nitrogen and oxygen atoms in total. The number of hydrogen-bond donors (Lipinski definition) is 1. The molecule has 14 heavy (non-hydrogen) atoms. The monoisotopic (exact) mass is 196 g/mol. The van der Waals surface area contributed by atoms with Crippen LogP contribution in [0.15, 0.2) is 0 Å². The van der Waals surface area contributed by atoms with Crippen LogP contribution in [0.4, 0.5) is 0 Å². The largest absolute Gasteiger partial charge is 0.343 e. The zero-order valence-electron chi connectivity index (χ0n) is 9.34. The Hall–Kier alpha value is -1.01. The topological polar surface area (TPSA) is 32.3 Å². The summed E-state index contributed by atoms with van der Waals surface area (Å²) < 4.78 is 0. The van der Waals surface area contributed by atoms with Crippen LogP contribution in [0.1, 0.15) is 27.2 Å². The molecule has 3 heteroatoms. The van der Waals surface area contributed by atoms with Crippen LogP contribution in [0.25, 0.3) is 0 Å². The maximum Gasteiger partial charge on any atom is 0.223 e. The third-order valence-corrected chi connectivity index (χ3v) is 2.16. The van der Waals surface area contributed by atoms with Crippen molar-refractivity contribution in [3.8, 4) is 12.3 Å². The fourth-order valence-electron chi connectivity index (χ4n) is 1.19. The van der Waals surface area contributed by atoms with Crippen molar-refractivity contribution < 1.29 is 4.79 Å². The molecule has 0 aliphatic carbocycles. The number of carbonyl (C=O) groups is 1. The average Bonchev–Trinajstić information content (AvgIpc) is 2.19. The summed E-state index contributed by atoms with van der Waals surface area (Å²) >= 11 is 0. The molecule has 0 radical (unpaired) electrons. The molecule has 0 rings (SSSR count). The minimum absolute atomic E-state index is 0.0412. The summed E-state index contributed by atoms with van der Waals surface area (Å²) in [6.45, 7) is 8.08. The molecule has 0 aromatic heterocycles. The fraction of sp³-hybridized carbons (Fsp3) is 0.727. The van der Waals surface area contributed by atoms with Crippen molar-refractivity contribution in [2.75, 3.05) is 19.6 Å². The molecule has 0 spiro atoms. The van der Waals surface area contributed by atoms with E-state index in [1.165, 1.54) is 0 Å². The molecule has 0 aliphatic heterocycles. The SMILES string of the molecule is C#CC(C)NCCC(=O)N(CC)CC. The molecule has 1 N–H and O–H groups in total. The third-order valence-electron chi connectivity index (χ3n) is 2.16. The van der Waals surface area contributed by atoms with Crippen LogP contribution < -0.4 is 5.32 Å². The van der Waals surface area contributed by atoms with E-state index in [0.29, 0.717) is 13.0 Å². The predicted molar refractivity (Wildman–Crippen MR) is 58.8 cm³/mol. The highest BCUT2D eigenvalue weighted by Gasteiger charge is 2.08. The number of amides is 1. The van der Waals surface area contributed by atoms with Crippen molar-refractivity contribution in [3.63, 3.8) is 0 Å². The molecule has 0 aromatic rings. The summed E-state index contributed by atoms with van der Waals surface area (Å²) in [7, 11) is 0. The molecule has 0 bridgehead atoms. The highest BCUT2D eigenvalue weighted by Crippen LogP contribution is 1.92. The lowest BCUT2D eigenvalue weighted by molar-refractivity contribution is -0.130. The second-order valence-electron chi connectivity index (χ2n) is 3.16. The summed E-state index contributed by atoms with van der Waals surface area (Å²) in [6.07, 6.45) is 5.71. The summed E-state index contributed by atoms with van der Waals surface area (Å²) in [5.41, 5.74) is 0. The van der Waals surface area contributed by atoms with Crippen molar-refractivity contribution in [2.24, 2.45) is 0 Å². The van der Waals surface area contributed by atoms with Gasteiger partial charge in [0.05, 0.1) is 6.04 Å². The van der Waals surface area contributed by atoms with Gasteiger partial charge in [0.25, 0.3) is 0 Å². The van der Waals surface area contributed by atoms with Gasteiger partial charge in [0.2, 0.25) is 5.91 Å². The zero-order valence-corrected chi connectivity index (χ0v) is 9.34. The average molecular weight is 196 g/mol. The maximum absolute atomic E-state index is 11.5. The molecule has 1 unspecified atom stereocenters. The van der Waals surface area contributed by atoms with Gasteiger partial charge in [-0.05, 0) is 20.8 Å². The molecule has 0 aliphatic rings. The van der Waals surface area contributed by atoms with Gasteiger partial charge in [-0.25, -0.2) is 0 Å². The standard InChI is InChI=1S/C11H20N2O/c1-5-10(4)12-9-8-11(14)13(6-2)7-3/h1,10,12H,6-9H2,2-4H3. The molecular weight excluding hydrogens is 176 g/mol. The predicted octanol–water partition coefficient (Wildman–Crippen LogP) is 0.856. The van der Waals surface area contributed by atoms with Gasteiger partial charge < -0.3 is 10.2 Å². The molecule has 0 saturated carbocycles. The maximum atomic E-state index is 11.5. The van der Waals surface area contributed by atoms with Gasteiger partial charge in [-0.15, -0.1) is 6.42 Å². The van der Waals surface area contributed by atoms with Crippen LogP contribution in [-0.4, -0.2) is 36.5 Å². The molecule has 1 amide bonds. The van der Waals surface area contributed by atoms with Crippen molar-refractivity contribution in [1.29, 1.82) is 0 Å². The molecule has 80 valence electrons. The minimum atomic E-state index is 0.0412. The Balaban J connectivity index is 3.69. The second kappa shape index (κ2) is 7.40. The van der Waals surface area contributed by atoms with Gasteiger partial charge in [0.1, 0.15) is 0 Å². The van der Waals surface area contributed by atoms with Gasteiger partial charge in [-0.3, -0.25) is 4.79 Å². The molecule has 1 atom stereocenters. The van der Waals surface area contributed by atoms with Crippen molar-refractivity contribution in [3.05, 3.63) is 0 Å². The van der Waals surface area contributed by atoms with E-state index in [9.17, 15) is 4.79 Å². The van der Waals surface area contributed by atoms with E-state index >= 15 is 0 Å². The van der Waals surface area contributed by atoms with Gasteiger partial charge in [0, 0.05) is 26.1 Å². The smallest absolute Gasteiger partial charge is 0.223 e. The lowest BCUT2D eigenvalue weighted by Crippen LogP contribution is -2.34. The van der Waals surface area contributed by atoms with Crippen molar-refractivity contribution >= 4 is 5.91 Å². The van der Waals surface area contributed by atoms with E-state index in [-0.39, 0.29) is 11.9 Å². The van der Waals surface area contributed by atoms with Gasteiger partial charge in [0.15, 0.2) is 0 Å².